The lowest BCUT2D eigenvalue weighted by atomic mass is 10.1. The Balaban J connectivity index is 1.82. The topological polar surface area (TPSA) is 93.8 Å². The number of ether oxygens (including phenoxy) is 1. The molecule has 7 heteroatoms. The predicted molar refractivity (Wildman–Crippen MR) is 100 cm³/mol. The number of allylic oxidation sites excluding steroid dienone is 1. The second kappa shape index (κ2) is 9.12. The number of nitrogens with zero attached hydrogens (tertiary/aromatic N) is 2. The molecule has 0 aromatic heterocycles. The molecular formula is C19H19N3O4. The van der Waals surface area contributed by atoms with Crippen molar-refractivity contribution < 1.29 is 14.5 Å². The van der Waals surface area contributed by atoms with Gasteiger partial charge < -0.3 is 4.74 Å². The molecule has 2 aromatic rings. The first kappa shape index (κ1) is 18.9. The molecule has 0 saturated carbocycles. The van der Waals surface area contributed by atoms with Crippen LogP contribution < -0.4 is 10.2 Å². The normalized spacial score (nSPS) is 11.0. The van der Waals surface area contributed by atoms with E-state index in [4.69, 9.17) is 4.74 Å². The van der Waals surface area contributed by atoms with Gasteiger partial charge in [0, 0.05) is 18.3 Å². The summed E-state index contributed by atoms with van der Waals surface area (Å²) in [5.41, 5.74) is 4.95. The third-order valence-electron chi connectivity index (χ3n) is 3.48. The monoisotopic (exact) mass is 353 g/mol. The summed E-state index contributed by atoms with van der Waals surface area (Å²) in [6, 6.07) is 11.9. The zero-order valence-corrected chi connectivity index (χ0v) is 14.5. The van der Waals surface area contributed by atoms with Gasteiger partial charge >= 0.3 is 0 Å². The number of nitrogens with one attached hydrogen (secondary N) is 1. The molecule has 0 heterocycles. The van der Waals surface area contributed by atoms with E-state index in [9.17, 15) is 14.9 Å². The van der Waals surface area contributed by atoms with Crippen LogP contribution in [0, 0.1) is 24.0 Å². The van der Waals surface area contributed by atoms with Crippen LogP contribution in [0.4, 0.5) is 5.69 Å². The molecule has 0 aliphatic heterocycles. The minimum atomic E-state index is -0.457. The molecule has 0 fully saturated rings. The number of amides is 1. The van der Waals surface area contributed by atoms with Crippen LogP contribution in [0.15, 0.2) is 53.6 Å². The van der Waals surface area contributed by atoms with Gasteiger partial charge in [0.1, 0.15) is 5.75 Å². The van der Waals surface area contributed by atoms with Crippen molar-refractivity contribution in [2.24, 2.45) is 5.10 Å². The molecule has 0 bridgehead atoms. The second-order valence-electron chi connectivity index (χ2n) is 5.53. The zero-order chi connectivity index (χ0) is 18.9. The fourth-order valence-electron chi connectivity index (χ4n) is 2.25. The zero-order valence-electron chi connectivity index (χ0n) is 14.5. The third-order valence-corrected chi connectivity index (χ3v) is 3.48. The largest absolute Gasteiger partial charge is 0.483 e. The van der Waals surface area contributed by atoms with E-state index in [1.54, 1.807) is 24.3 Å². The number of carbonyl (C=O) groups is 1. The Labute approximate surface area is 151 Å². The van der Waals surface area contributed by atoms with E-state index in [1.807, 2.05) is 32.0 Å². The fraction of sp³-hybridized carbons (Fsp3) is 0.158. The molecule has 7 nitrogen and oxygen atoms in total. The first-order valence-electron chi connectivity index (χ1n) is 7.89. The fourth-order valence-corrected chi connectivity index (χ4v) is 2.25. The third kappa shape index (κ3) is 5.55. The Hall–Kier alpha value is -3.48. The first-order valence-corrected chi connectivity index (χ1v) is 7.89. The van der Waals surface area contributed by atoms with Crippen molar-refractivity contribution in [2.45, 2.75) is 13.8 Å². The lowest BCUT2D eigenvalue weighted by Gasteiger charge is -2.10. The number of rotatable bonds is 7. The van der Waals surface area contributed by atoms with E-state index >= 15 is 0 Å². The lowest BCUT2D eigenvalue weighted by molar-refractivity contribution is -0.384. The number of nitro groups is 1. The predicted octanol–water partition coefficient (Wildman–Crippen LogP) is 3.41. The Morgan fingerprint density at radius 1 is 1.23 bits per heavy atom. The summed E-state index contributed by atoms with van der Waals surface area (Å²) in [6.45, 7) is 3.69. The summed E-state index contributed by atoms with van der Waals surface area (Å²) in [5, 5.41) is 14.5. The van der Waals surface area contributed by atoms with Gasteiger partial charge in [-0.15, -0.1) is 0 Å². The summed E-state index contributed by atoms with van der Waals surface area (Å²) in [6.07, 6.45) is 4.61. The van der Waals surface area contributed by atoms with Gasteiger partial charge in [-0.2, -0.15) is 5.10 Å². The van der Waals surface area contributed by atoms with E-state index in [-0.39, 0.29) is 18.2 Å². The molecule has 0 spiro atoms. The van der Waals surface area contributed by atoms with Crippen molar-refractivity contribution in [3.8, 4) is 5.75 Å². The Bertz CT molecular complexity index is 839. The van der Waals surface area contributed by atoms with Crippen LogP contribution in [0.25, 0.3) is 6.08 Å². The van der Waals surface area contributed by atoms with Crippen LogP contribution in [0.3, 0.4) is 0 Å². The van der Waals surface area contributed by atoms with Gasteiger partial charge in [0.25, 0.3) is 11.6 Å². The van der Waals surface area contributed by atoms with Crippen LogP contribution in [-0.2, 0) is 4.79 Å². The molecule has 134 valence electrons. The van der Waals surface area contributed by atoms with Crippen LogP contribution in [0.1, 0.15) is 16.7 Å². The summed E-state index contributed by atoms with van der Waals surface area (Å²) < 4.78 is 5.52. The lowest BCUT2D eigenvalue weighted by Crippen LogP contribution is -2.24. The molecular weight excluding hydrogens is 334 g/mol. The number of nitro benzene ring substituents is 1. The van der Waals surface area contributed by atoms with Crippen molar-refractivity contribution in [2.75, 3.05) is 6.61 Å². The Morgan fingerprint density at radius 2 is 1.92 bits per heavy atom. The van der Waals surface area contributed by atoms with Gasteiger partial charge in [-0.3, -0.25) is 14.9 Å². The summed E-state index contributed by atoms with van der Waals surface area (Å²) in [5.74, 6) is 0.310. The van der Waals surface area contributed by atoms with E-state index < -0.39 is 4.92 Å². The number of hydrazone groups is 1. The molecule has 0 saturated heterocycles. The van der Waals surface area contributed by atoms with Crippen molar-refractivity contribution >= 4 is 23.9 Å². The van der Waals surface area contributed by atoms with Gasteiger partial charge in [-0.1, -0.05) is 36.4 Å². The molecule has 0 atom stereocenters. The van der Waals surface area contributed by atoms with Crippen molar-refractivity contribution in [1.82, 2.24) is 5.43 Å². The number of hydrogen-bond acceptors (Lipinski definition) is 5. The highest BCUT2D eigenvalue weighted by molar-refractivity contribution is 5.82. The average molecular weight is 353 g/mol. The van der Waals surface area contributed by atoms with Crippen molar-refractivity contribution in [1.29, 1.82) is 0 Å². The highest BCUT2D eigenvalue weighted by atomic mass is 16.6. The van der Waals surface area contributed by atoms with Gasteiger partial charge in [0.15, 0.2) is 6.61 Å². The molecule has 26 heavy (non-hydrogen) atoms. The smallest absolute Gasteiger partial charge is 0.277 e. The SMILES string of the molecule is Cc1cccc(C)c1OCC(=O)NN=CC=Cc1cccc([N+](=O)[O-])c1. The minimum absolute atomic E-state index is 0.0149. The molecule has 2 aromatic carbocycles. The maximum Gasteiger partial charge on any atom is 0.277 e. The van der Waals surface area contributed by atoms with Gasteiger partial charge in [0.2, 0.25) is 0 Å². The number of non-ortho nitro benzene ring substituents is 1. The Kier molecular flexibility index (Phi) is 6.61. The standard InChI is InChI=1S/C19H19N3O4/c1-14-6-3-7-15(2)19(14)26-13-18(23)21-20-11-5-9-16-8-4-10-17(12-16)22(24)25/h3-12H,13H2,1-2H3,(H,21,23). The number of benzene rings is 2. The molecule has 1 amide bonds. The van der Waals surface area contributed by atoms with E-state index in [0.29, 0.717) is 11.3 Å². The average Bonchev–Trinajstić information content (AvgIpc) is 2.61. The second-order valence-corrected chi connectivity index (χ2v) is 5.53. The maximum atomic E-state index is 11.7. The summed E-state index contributed by atoms with van der Waals surface area (Å²) in [7, 11) is 0. The molecule has 2 rings (SSSR count). The molecule has 0 unspecified atom stereocenters. The van der Waals surface area contributed by atoms with Gasteiger partial charge in [0.05, 0.1) is 4.92 Å². The first-order chi connectivity index (χ1) is 12.5. The summed E-state index contributed by atoms with van der Waals surface area (Å²) >= 11 is 0. The quantitative estimate of drug-likeness (QED) is 0.469. The van der Waals surface area contributed by atoms with Gasteiger partial charge in [-0.25, -0.2) is 5.43 Å². The highest BCUT2D eigenvalue weighted by Gasteiger charge is 2.06. The molecule has 1 N–H and O–H groups in total. The maximum absolute atomic E-state index is 11.7. The van der Waals surface area contributed by atoms with Crippen molar-refractivity contribution in [3.63, 3.8) is 0 Å². The van der Waals surface area contributed by atoms with Crippen LogP contribution >= 0.6 is 0 Å². The van der Waals surface area contributed by atoms with E-state index in [1.165, 1.54) is 18.3 Å². The number of para-hydroxylation sites is 1. The van der Waals surface area contributed by atoms with E-state index in [0.717, 1.165) is 11.1 Å². The summed E-state index contributed by atoms with van der Waals surface area (Å²) in [4.78, 5) is 22.0. The Morgan fingerprint density at radius 3 is 2.62 bits per heavy atom. The minimum Gasteiger partial charge on any atom is -0.483 e. The van der Waals surface area contributed by atoms with Crippen LogP contribution in [0.5, 0.6) is 5.75 Å². The van der Waals surface area contributed by atoms with E-state index in [2.05, 4.69) is 10.5 Å². The molecule has 0 aliphatic rings. The number of hydrogen-bond donors (Lipinski definition) is 1. The highest BCUT2D eigenvalue weighted by Crippen LogP contribution is 2.21. The number of carbonyl (C=O) groups excluding carboxylic acids is 1. The molecule has 0 radical (unpaired) electrons. The van der Waals surface area contributed by atoms with Crippen LogP contribution in [-0.4, -0.2) is 23.7 Å². The molecule has 0 aliphatic carbocycles. The van der Waals surface area contributed by atoms with Crippen molar-refractivity contribution in [3.05, 3.63) is 75.3 Å². The number of aryl methyl sites for hydroxylation is 2. The van der Waals surface area contributed by atoms with Crippen LogP contribution in [0.2, 0.25) is 0 Å². The van der Waals surface area contributed by atoms with Gasteiger partial charge in [-0.05, 0) is 36.6 Å².